The first-order valence-electron chi connectivity index (χ1n) is 6.55. The SMILES string of the molecule is COC(=O)c1cn(-c2ccccc2[N+](=O)[O-])c2ccccc12. The molecule has 0 aliphatic rings. The number of esters is 1. The number of aromatic nitrogens is 1. The lowest BCUT2D eigenvalue weighted by molar-refractivity contribution is -0.384. The maximum absolute atomic E-state index is 11.9. The van der Waals surface area contributed by atoms with Gasteiger partial charge in [0, 0.05) is 17.6 Å². The summed E-state index contributed by atoms with van der Waals surface area (Å²) in [6, 6.07) is 13.6. The fraction of sp³-hybridized carbons (Fsp3) is 0.0625. The highest BCUT2D eigenvalue weighted by atomic mass is 16.6. The highest BCUT2D eigenvalue weighted by Gasteiger charge is 2.20. The van der Waals surface area contributed by atoms with Crippen LogP contribution in [0.3, 0.4) is 0 Å². The number of fused-ring (bicyclic) bond motifs is 1. The van der Waals surface area contributed by atoms with Crippen LogP contribution in [-0.2, 0) is 4.74 Å². The molecule has 0 radical (unpaired) electrons. The van der Waals surface area contributed by atoms with E-state index in [0.29, 0.717) is 22.2 Å². The number of carbonyl (C=O) groups is 1. The molecule has 6 nitrogen and oxygen atoms in total. The maximum atomic E-state index is 11.9. The van der Waals surface area contributed by atoms with Gasteiger partial charge in [0.05, 0.1) is 23.1 Å². The molecule has 0 aliphatic carbocycles. The summed E-state index contributed by atoms with van der Waals surface area (Å²) in [5, 5.41) is 11.9. The number of hydrogen-bond acceptors (Lipinski definition) is 4. The number of benzene rings is 2. The number of methoxy groups -OCH3 is 1. The maximum Gasteiger partial charge on any atom is 0.340 e. The van der Waals surface area contributed by atoms with Crippen LogP contribution in [-0.4, -0.2) is 22.6 Å². The molecule has 0 bridgehead atoms. The highest BCUT2D eigenvalue weighted by molar-refractivity contribution is 6.05. The quantitative estimate of drug-likeness (QED) is 0.422. The van der Waals surface area contributed by atoms with E-state index in [2.05, 4.69) is 0 Å². The van der Waals surface area contributed by atoms with Crippen molar-refractivity contribution >= 4 is 22.6 Å². The van der Waals surface area contributed by atoms with E-state index in [1.165, 1.54) is 13.2 Å². The minimum absolute atomic E-state index is 0.0281. The van der Waals surface area contributed by atoms with Crippen LogP contribution in [0.2, 0.25) is 0 Å². The van der Waals surface area contributed by atoms with Gasteiger partial charge in [-0.3, -0.25) is 10.1 Å². The van der Waals surface area contributed by atoms with Gasteiger partial charge in [0.25, 0.3) is 5.69 Å². The molecule has 0 fully saturated rings. The average Bonchev–Trinajstić information content (AvgIpc) is 2.93. The molecule has 0 saturated carbocycles. The third-order valence-corrected chi connectivity index (χ3v) is 3.46. The van der Waals surface area contributed by atoms with E-state index in [4.69, 9.17) is 4.74 Å². The number of hydrogen-bond donors (Lipinski definition) is 0. The first kappa shape index (κ1) is 13.8. The summed E-state index contributed by atoms with van der Waals surface area (Å²) >= 11 is 0. The van der Waals surface area contributed by atoms with Crippen molar-refractivity contribution in [3.05, 3.63) is 70.4 Å². The zero-order chi connectivity index (χ0) is 15.7. The minimum atomic E-state index is -0.478. The Balaban J connectivity index is 2.33. The number of nitro groups is 1. The van der Waals surface area contributed by atoms with E-state index in [-0.39, 0.29) is 5.69 Å². The van der Waals surface area contributed by atoms with Gasteiger partial charge in [0.1, 0.15) is 5.69 Å². The summed E-state index contributed by atoms with van der Waals surface area (Å²) in [6.07, 6.45) is 1.57. The number of rotatable bonds is 3. The van der Waals surface area contributed by atoms with Gasteiger partial charge in [-0.15, -0.1) is 0 Å². The number of ether oxygens (including phenoxy) is 1. The molecule has 0 saturated heterocycles. The van der Waals surface area contributed by atoms with Gasteiger partial charge in [-0.1, -0.05) is 30.3 Å². The lowest BCUT2D eigenvalue weighted by Crippen LogP contribution is -2.01. The molecule has 1 aromatic heterocycles. The van der Waals surface area contributed by atoms with Crippen molar-refractivity contribution in [2.45, 2.75) is 0 Å². The van der Waals surface area contributed by atoms with Gasteiger partial charge in [-0.25, -0.2) is 4.79 Å². The fourth-order valence-corrected chi connectivity index (χ4v) is 2.47. The molecule has 22 heavy (non-hydrogen) atoms. The molecule has 0 atom stereocenters. The molecule has 3 rings (SSSR count). The first-order chi connectivity index (χ1) is 10.6. The van der Waals surface area contributed by atoms with Crippen molar-refractivity contribution in [3.63, 3.8) is 0 Å². The molecule has 0 aliphatic heterocycles. The van der Waals surface area contributed by atoms with Gasteiger partial charge in [-0.05, 0) is 12.1 Å². The van der Waals surface area contributed by atoms with Crippen LogP contribution in [0.1, 0.15) is 10.4 Å². The second-order valence-corrected chi connectivity index (χ2v) is 4.67. The molecule has 110 valence electrons. The van der Waals surface area contributed by atoms with Crippen LogP contribution in [0.15, 0.2) is 54.7 Å². The second-order valence-electron chi connectivity index (χ2n) is 4.67. The van der Waals surface area contributed by atoms with Crippen LogP contribution >= 0.6 is 0 Å². The van der Waals surface area contributed by atoms with Gasteiger partial charge >= 0.3 is 5.97 Å². The number of para-hydroxylation sites is 3. The molecule has 3 aromatic rings. The van der Waals surface area contributed by atoms with Crippen molar-refractivity contribution < 1.29 is 14.5 Å². The first-order valence-corrected chi connectivity index (χ1v) is 6.55. The summed E-state index contributed by atoms with van der Waals surface area (Å²) in [7, 11) is 1.30. The summed E-state index contributed by atoms with van der Waals surface area (Å²) in [5.74, 6) is -0.478. The average molecular weight is 296 g/mol. The molecule has 0 N–H and O–H groups in total. The smallest absolute Gasteiger partial charge is 0.340 e. The summed E-state index contributed by atoms with van der Waals surface area (Å²) in [4.78, 5) is 22.7. The van der Waals surface area contributed by atoms with Crippen LogP contribution in [0.25, 0.3) is 16.6 Å². The van der Waals surface area contributed by atoms with Crippen LogP contribution in [0, 0.1) is 10.1 Å². The predicted octanol–water partition coefficient (Wildman–Crippen LogP) is 3.33. The molecule has 2 aromatic carbocycles. The van der Waals surface area contributed by atoms with E-state index in [0.717, 1.165) is 0 Å². The Morgan fingerprint density at radius 2 is 1.82 bits per heavy atom. The van der Waals surface area contributed by atoms with E-state index < -0.39 is 10.9 Å². The van der Waals surface area contributed by atoms with E-state index >= 15 is 0 Å². The van der Waals surface area contributed by atoms with E-state index in [1.807, 2.05) is 6.07 Å². The van der Waals surface area contributed by atoms with Gasteiger partial charge < -0.3 is 9.30 Å². The normalized spacial score (nSPS) is 10.6. The minimum Gasteiger partial charge on any atom is -0.465 e. The standard InChI is InChI=1S/C16H12N2O4/c1-22-16(19)12-10-17(13-7-3-2-6-11(12)13)14-8-4-5-9-15(14)18(20)21/h2-10H,1H3. The Hall–Kier alpha value is -3.15. The van der Waals surface area contributed by atoms with Crippen molar-refractivity contribution in [2.24, 2.45) is 0 Å². The molecule has 0 spiro atoms. The molecular weight excluding hydrogens is 284 g/mol. The molecular formula is C16H12N2O4. The summed E-state index contributed by atoms with van der Waals surface area (Å²) in [6.45, 7) is 0. The largest absolute Gasteiger partial charge is 0.465 e. The Kier molecular flexibility index (Phi) is 3.34. The Labute approximate surface area is 125 Å². The van der Waals surface area contributed by atoms with Crippen LogP contribution in [0.5, 0.6) is 0 Å². The van der Waals surface area contributed by atoms with Crippen molar-refractivity contribution in [1.29, 1.82) is 0 Å². The van der Waals surface area contributed by atoms with Gasteiger partial charge in [-0.2, -0.15) is 0 Å². The molecule has 0 amide bonds. The zero-order valence-electron chi connectivity index (χ0n) is 11.7. The third-order valence-electron chi connectivity index (χ3n) is 3.46. The second kappa shape index (κ2) is 5.33. The number of nitro benzene ring substituents is 1. The van der Waals surface area contributed by atoms with Crippen molar-refractivity contribution in [2.75, 3.05) is 7.11 Å². The topological polar surface area (TPSA) is 74.4 Å². The molecule has 6 heteroatoms. The van der Waals surface area contributed by atoms with Gasteiger partial charge in [0.15, 0.2) is 0 Å². The van der Waals surface area contributed by atoms with Crippen molar-refractivity contribution in [3.8, 4) is 5.69 Å². The molecule has 0 unspecified atom stereocenters. The van der Waals surface area contributed by atoms with E-state index in [9.17, 15) is 14.9 Å². The zero-order valence-corrected chi connectivity index (χ0v) is 11.7. The third kappa shape index (κ3) is 2.10. The Bertz CT molecular complexity index is 883. The molecule has 1 heterocycles. The van der Waals surface area contributed by atoms with Crippen LogP contribution in [0.4, 0.5) is 5.69 Å². The monoisotopic (exact) mass is 296 g/mol. The lowest BCUT2D eigenvalue weighted by atomic mass is 10.2. The highest BCUT2D eigenvalue weighted by Crippen LogP contribution is 2.29. The summed E-state index contributed by atoms with van der Waals surface area (Å²) < 4.78 is 6.42. The Morgan fingerprint density at radius 3 is 2.55 bits per heavy atom. The van der Waals surface area contributed by atoms with Crippen LogP contribution < -0.4 is 0 Å². The number of nitrogens with zero attached hydrogens (tertiary/aromatic N) is 2. The van der Waals surface area contributed by atoms with Gasteiger partial charge in [0.2, 0.25) is 0 Å². The fourth-order valence-electron chi connectivity index (χ4n) is 2.47. The number of carbonyl (C=O) groups excluding carboxylic acids is 1. The summed E-state index contributed by atoms with van der Waals surface area (Å²) in [5.41, 5.74) is 1.45. The lowest BCUT2D eigenvalue weighted by Gasteiger charge is -2.05. The van der Waals surface area contributed by atoms with Crippen molar-refractivity contribution in [1.82, 2.24) is 4.57 Å². The Morgan fingerprint density at radius 1 is 1.14 bits per heavy atom. The van der Waals surface area contributed by atoms with E-state index in [1.54, 1.807) is 47.2 Å². The predicted molar refractivity (Wildman–Crippen MR) is 81.3 cm³/mol.